The lowest BCUT2D eigenvalue weighted by Gasteiger charge is -2.06. The molecule has 0 atom stereocenters. The molecule has 1 aromatic rings. The average Bonchev–Trinajstić information content (AvgIpc) is 2.17. The minimum absolute atomic E-state index is 0.510. The summed E-state index contributed by atoms with van der Waals surface area (Å²) in [6.07, 6.45) is 6.00. The minimum Gasteiger partial charge on any atom is -0.488 e. The first-order valence-electron chi connectivity index (χ1n) is 4.17. The number of nitrogens with zero attached hydrogens (tertiary/aromatic N) is 1. The maximum atomic E-state index is 5.41. The molecule has 0 amide bonds. The molecule has 0 bridgehead atoms. The fourth-order valence-corrected chi connectivity index (χ4v) is 0.993. The van der Waals surface area contributed by atoms with Crippen molar-refractivity contribution in [3.8, 4) is 5.75 Å². The van der Waals surface area contributed by atoms with Crippen molar-refractivity contribution in [3.63, 3.8) is 0 Å². The smallest absolute Gasteiger partial charge is 0.141 e. The zero-order valence-corrected chi connectivity index (χ0v) is 7.57. The molecule has 0 radical (unpaired) electrons. The van der Waals surface area contributed by atoms with E-state index in [2.05, 4.69) is 18.1 Å². The second-order valence-corrected chi connectivity index (χ2v) is 2.54. The molecule has 0 aliphatic rings. The lowest BCUT2D eigenvalue weighted by atomic mass is 10.2. The van der Waals surface area contributed by atoms with Crippen LogP contribution in [0.1, 0.15) is 5.69 Å². The summed E-state index contributed by atoms with van der Waals surface area (Å²) < 4.78 is 5.41. The van der Waals surface area contributed by atoms with Crippen molar-refractivity contribution < 1.29 is 4.74 Å². The lowest BCUT2D eigenvalue weighted by Crippen LogP contribution is -1.98. The van der Waals surface area contributed by atoms with Crippen molar-refractivity contribution >= 4 is 0 Å². The molecule has 1 rings (SSSR count). The number of allylic oxidation sites excluding steroid dienone is 1. The molecule has 0 spiro atoms. The molecule has 0 saturated carbocycles. The highest BCUT2D eigenvalue weighted by Gasteiger charge is 2.00. The summed E-state index contributed by atoms with van der Waals surface area (Å²) in [5, 5.41) is 0. The van der Waals surface area contributed by atoms with E-state index in [0.29, 0.717) is 6.61 Å². The van der Waals surface area contributed by atoms with Gasteiger partial charge in [-0.3, -0.25) is 4.98 Å². The summed E-state index contributed by atoms with van der Waals surface area (Å²) in [7, 11) is 0. The van der Waals surface area contributed by atoms with Crippen LogP contribution >= 0.6 is 0 Å². The van der Waals surface area contributed by atoms with Gasteiger partial charge in [-0.15, -0.1) is 6.58 Å². The van der Waals surface area contributed by atoms with Gasteiger partial charge in [0.2, 0.25) is 0 Å². The predicted octanol–water partition coefficient (Wildman–Crippen LogP) is 2.37. The van der Waals surface area contributed by atoms with Crippen molar-refractivity contribution in [3.05, 3.63) is 49.3 Å². The van der Waals surface area contributed by atoms with Crippen LogP contribution in [-0.2, 0) is 6.42 Å². The van der Waals surface area contributed by atoms with Gasteiger partial charge in [0.25, 0.3) is 0 Å². The lowest BCUT2D eigenvalue weighted by molar-refractivity contribution is 0.358. The van der Waals surface area contributed by atoms with Gasteiger partial charge >= 0.3 is 0 Å². The van der Waals surface area contributed by atoms with Crippen molar-refractivity contribution in [2.24, 2.45) is 0 Å². The van der Waals surface area contributed by atoms with Gasteiger partial charge in [-0.25, -0.2) is 0 Å². The molecular weight excluding hydrogens is 162 g/mol. The molecule has 1 aromatic heterocycles. The van der Waals surface area contributed by atoms with Gasteiger partial charge in [-0.1, -0.05) is 18.7 Å². The van der Waals surface area contributed by atoms with Gasteiger partial charge in [-0.2, -0.15) is 0 Å². The van der Waals surface area contributed by atoms with E-state index in [0.717, 1.165) is 17.9 Å². The van der Waals surface area contributed by atoms with Crippen molar-refractivity contribution in [2.75, 3.05) is 6.61 Å². The maximum absolute atomic E-state index is 5.41. The molecule has 0 aliphatic heterocycles. The Morgan fingerprint density at radius 1 is 1.38 bits per heavy atom. The van der Waals surface area contributed by atoms with Crippen LogP contribution < -0.4 is 4.74 Å². The Balaban J connectivity index is 2.77. The topological polar surface area (TPSA) is 22.1 Å². The van der Waals surface area contributed by atoms with Gasteiger partial charge in [0.15, 0.2) is 0 Å². The standard InChI is InChI=1S/C11H13NO/c1-3-6-10-11(13-9-4-2)7-5-8-12-10/h3-5,7-8H,1-2,6,9H2. The van der Waals surface area contributed by atoms with Gasteiger partial charge in [0.05, 0.1) is 5.69 Å². The van der Waals surface area contributed by atoms with Gasteiger partial charge in [0.1, 0.15) is 12.4 Å². The third-order valence-corrected chi connectivity index (χ3v) is 1.54. The molecule has 0 aliphatic carbocycles. The monoisotopic (exact) mass is 175 g/mol. The van der Waals surface area contributed by atoms with Crippen molar-refractivity contribution in [2.45, 2.75) is 6.42 Å². The Kier molecular flexibility index (Phi) is 3.76. The summed E-state index contributed by atoms with van der Waals surface area (Å²) in [6.45, 7) is 7.76. The number of hydrogen-bond donors (Lipinski definition) is 0. The average molecular weight is 175 g/mol. The number of hydrogen-bond acceptors (Lipinski definition) is 2. The van der Waals surface area contributed by atoms with Crippen LogP contribution in [0.2, 0.25) is 0 Å². The second-order valence-electron chi connectivity index (χ2n) is 2.54. The summed E-state index contributed by atoms with van der Waals surface area (Å²) in [4.78, 5) is 4.19. The molecule has 2 nitrogen and oxygen atoms in total. The number of rotatable bonds is 5. The van der Waals surface area contributed by atoms with Crippen molar-refractivity contribution in [1.29, 1.82) is 0 Å². The van der Waals surface area contributed by atoms with E-state index < -0.39 is 0 Å². The molecule has 68 valence electrons. The third kappa shape index (κ3) is 2.75. The van der Waals surface area contributed by atoms with Crippen LogP contribution in [0.3, 0.4) is 0 Å². The normalized spacial score (nSPS) is 9.23. The summed E-state index contributed by atoms with van der Waals surface area (Å²) >= 11 is 0. The Labute approximate surface area is 78.6 Å². The first kappa shape index (κ1) is 9.52. The molecule has 1 heterocycles. The van der Waals surface area contributed by atoms with E-state index in [1.54, 1.807) is 12.3 Å². The van der Waals surface area contributed by atoms with Crippen LogP contribution in [0, 0.1) is 0 Å². The Hall–Kier alpha value is -1.57. The molecule has 0 N–H and O–H groups in total. The van der Waals surface area contributed by atoms with Crippen LogP contribution in [-0.4, -0.2) is 11.6 Å². The van der Waals surface area contributed by atoms with Crippen LogP contribution in [0.15, 0.2) is 43.6 Å². The van der Waals surface area contributed by atoms with Gasteiger partial charge < -0.3 is 4.74 Å². The Bertz CT molecular complexity index is 294. The van der Waals surface area contributed by atoms with Crippen LogP contribution in [0.4, 0.5) is 0 Å². The maximum Gasteiger partial charge on any atom is 0.141 e. The minimum atomic E-state index is 0.510. The Morgan fingerprint density at radius 3 is 2.92 bits per heavy atom. The summed E-state index contributed by atoms with van der Waals surface area (Å²) in [5.41, 5.74) is 0.916. The molecular formula is C11H13NO. The van der Waals surface area contributed by atoms with Gasteiger partial charge in [-0.05, 0) is 12.1 Å². The van der Waals surface area contributed by atoms with Gasteiger partial charge in [0, 0.05) is 12.6 Å². The summed E-state index contributed by atoms with van der Waals surface area (Å²) in [5.74, 6) is 0.808. The molecule has 2 heteroatoms. The molecule has 0 unspecified atom stereocenters. The fraction of sp³-hybridized carbons (Fsp3) is 0.182. The highest BCUT2D eigenvalue weighted by Crippen LogP contribution is 2.15. The molecule has 0 saturated heterocycles. The largest absolute Gasteiger partial charge is 0.488 e. The number of pyridine rings is 1. The number of aromatic nitrogens is 1. The molecule has 0 aromatic carbocycles. The SMILES string of the molecule is C=CCOc1cccnc1CC=C. The van der Waals surface area contributed by atoms with Crippen LogP contribution in [0.25, 0.3) is 0 Å². The highest BCUT2D eigenvalue weighted by atomic mass is 16.5. The van der Waals surface area contributed by atoms with E-state index in [1.165, 1.54) is 0 Å². The third-order valence-electron chi connectivity index (χ3n) is 1.54. The first-order valence-corrected chi connectivity index (χ1v) is 4.17. The molecule has 0 fully saturated rings. The van der Waals surface area contributed by atoms with E-state index >= 15 is 0 Å². The van der Waals surface area contributed by atoms with E-state index in [4.69, 9.17) is 4.74 Å². The summed E-state index contributed by atoms with van der Waals surface area (Å²) in [6, 6.07) is 3.75. The quantitative estimate of drug-likeness (QED) is 0.641. The van der Waals surface area contributed by atoms with E-state index in [1.807, 2.05) is 18.2 Å². The van der Waals surface area contributed by atoms with Crippen LogP contribution in [0.5, 0.6) is 5.75 Å². The van der Waals surface area contributed by atoms with E-state index in [-0.39, 0.29) is 0 Å². The second kappa shape index (κ2) is 5.14. The first-order chi connectivity index (χ1) is 6.38. The zero-order valence-electron chi connectivity index (χ0n) is 7.57. The highest BCUT2D eigenvalue weighted by molar-refractivity contribution is 5.28. The zero-order chi connectivity index (χ0) is 9.52. The molecule has 13 heavy (non-hydrogen) atoms. The number of ether oxygens (including phenoxy) is 1. The fourth-order valence-electron chi connectivity index (χ4n) is 0.993. The Morgan fingerprint density at radius 2 is 2.23 bits per heavy atom. The van der Waals surface area contributed by atoms with E-state index in [9.17, 15) is 0 Å². The predicted molar refractivity (Wildman–Crippen MR) is 53.8 cm³/mol. The van der Waals surface area contributed by atoms with Crippen molar-refractivity contribution in [1.82, 2.24) is 4.98 Å².